The molecule has 0 aromatic heterocycles. The van der Waals surface area contributed by atoms with E-state index in [2.05, 4.69) is 0 Å². The maximum Gasteiger partial charge on any atom is 0.410 e. The average molecular weight is 360 g/mol. The minimum Gasteiger partial charge on any atom is -0.444 e. The van der Waals surface area contributed by atoms with E-state index in [0.29, 0.717) is 37.1 Å². The molecule has 0 saturated carbocycles. The monoisotopic (exact) mass is 360 g/mol. The highest BCUT2D eigenvalue weighted by atomic mass is 16.6. The van der Waals surface area contributed by atoms with E-state index in [9.17, 15) is 14.7 Å². The lowest BCUT2D eigenvalue weighted by Crippen LogP contribution is -2.38. The van der Waals surface area contributed by atoms with Crippen molar-refractivity contribution in [3.63, 3.8) is 0 Å². The summed E-state index contributed by atoms with van der Waals surface area (Å²) in [5.41, 5.74) is 2.89. The van der Waals surface area contributed by atoms with Crippen molar-refractivity contribution in [3.05, 3.63) is 34.4 Å². The number of nitrogens with zero attached hydrogens (tertiary/aromatic N) is 2. The maximum atomic E-state index is 12.6. The van der Waals surface area contributed by atoms with Gasteiger partial charge in [-0.1, -0.05) is 6.07 Å². The standard InChI is InChI=1S/C20H28N2O4/c1-12(2)22-17(23)15-10-13-6-8-21(19(25)26-20(3,4)5)9-7-14(13)11-16(15)18(22)24/h10-12,17,23H,6-9H2,1-5H3. The first-order chi connectivity index (χ1) is 12.1. The predicted molar refractivity (Wildman–Crippen MR) is 97.9 cm³/mol. The van der Waals surface area contributed by atoms with Crippen LogP contribution in [-0.4, -0.2) is 51.6 Å². The van der Waals surface area contributed by atoms with Crippen LogP contribution in [-0.2, 0) is 17.6 Å². The minimum atomic E-state index is -0.895. The summed E-state index contributed by atoms with van der Waals surface area (Å²) in [4.78, 5) is 28.2. The Hall–Kier alpha value is -2.08. The average Bonchev–Trinajstić information content (AvgIpc) is 2.68. The number of amides is 2. The van der Waals surface area contributed by atoms with Gasteiger partial charge in [0.15, 0.2) is 6.23 Å². The summed E-state index contributed by atoms with van der Waals surface area (Å²) in [5, 5.41) is 10.5. The summed E-state index contributed by atoms with van der Waals surface area (Å²) in [6.07, 6.45) is 0.158. The van der Waals surface area contributed by atoms with Gasteiger partial charge in [-0.3, -0.25) is 4.79 Å². The number of aliphatic hydroxyl groups is 1. The molecule has 0 spiro atoms. The number of carbonyl (C=O) groups excluding carboxylic acids is 2. The molecule has 142 valence electrons. The normalized spacial score (nSPS) is 20.1. The van der Waals surface area contributed by atoms with Crippen LogP contribution >= 0.6 is 0 Å². The molecule has 26 heavy (non-hydrogen) atoms. The van der Waals surface area contributed by atoms with Gasteiger partial charge in [0.25, 0.3) is 5.91 Å². The number of carbonyl (C=O) groups is 2. The Morgan fingerprint density at radius 3 is 2.31 bits per heavy atom. The minimum absolute atomic E-state index is 0.0626. The number of rotatable bonds is 1. The fraction of sp³-hybridized carbons (Fsp3) is 0.600. The topological polar surface area (TPSA) is 70.1 Å². The molecule has 1 unspecified atom stereocenters. The molecule has 6 heteroatoms. The van der Waals surface area contributed by atoms with Gasteiger partial charge in [-0.15, -0.1) is 0 Å². The second kappa shape index (κ2) is 6.58. The van der Waals surface area contributed by atoms with Crippen molar-refractivity contribution in [2.45, 2.75) is 65.3 Å². The fourth-order valence-electron chi connectivity index (χ4n) is 3.62. The largest absolute Gasteiger partial charge is 0.444 e. The third-order valence-electron chi connectivity index (χ3n) is 4.89. The number of hydrogen-bond donors (Lipinski definition) is 1. The van der Waals surface area contributed by atoms with E-state index in [-0.39, 0.29) is 18.0 Å². The van der Waals surface area contributed by atoms with Crippen LogP contribution in [0.5, 0.6) is 0 Å². The lowest BCUT2D eigenvalue weighted by atomic mass is 9.96. The summed E-state index contributed by atoms with van der Waals surface area (Å²) in [6.45, 7) is 10.5. The number of fused-ring (bicyclic) bond motifs is 2. The summed E-state index contributed by atoms with van der Waals surface area (Å²) < 4.78 is 5.47. The van der Waals surface area contributed by atoms with Crippen molar-refractivity contribution in [3.8, 4) is 0 Å². The molecule has 0 fully saturated rings. The molecule has 1 aromatic rings. The molecule has 2 aliphatic heterocycles. The van der Waals surface area contributed by atoms with E-state index in [4.69, 9.17) is 4.74 Å². The Bertz CT molecular complexity index is 736. The SMILES string of the molecule is CC(C)N1C(=O)c2cc3c(cc2C1O)CCN(C(=O)OC(C)(C)C)CC3. The molecule has 6 nitrogen and oxygen atoms in total. The Kier molecular flexibility index (Phi) is 4.73. The molecule has 0 bridgehead atoms. The fourth-order valence-corrected chi connectivity index (χ4v) is 3.62. The number of ether oxygens (including phenoxy) is 1. The van der Waals surface area contributed by atoms with Crippen LogP contribution in [0.15, 0.2) is 12.1 Å². The number of hydrogen-bond acceptors (Lipinski definition) is 4. The quantitative estimate of drug-likeness (QED) is 0.836. The molecule has 2 heterocycles. The zero-order valence-electron chi connectivity index (χ0n) is 16.2. The molecule has 0 aliphatic carbocycles. The molecule has 3 rings (SSSR count). The van der Waals surface area contributed by atoms with Crippen molar-refractivity contribution in [2.24, 2.45) is 0 Å². The van der Waals surface area contributed by atoms with E-state index in [1.807, 2.05) is 46.8 Å². The third-order valence-corrected chi connectivity index (χ3v) is 4.89. The summed E-state index contributed by atoms with van der Waals surface area (Å²) in [6, 6.07) is 3.78. The Labute approximate surface area is 154 Å². The first kappa shape index (κ1) is 18.7. The van der Waals surface area contributed by atoms with Crippen LogP contribution < -0.4 is 0 Å². The van der Waals surface area contributed by atoms with Gasteiger partial charge in [0.05, 0.1) is 0 Å². The molecule has 2 amide bonds. The van der Waals surface area contributed by atoms with Crippen LogP contribution in [0.4, 0.5) is 4.79 Å². The van der Waals surface area contributed by atoms with Gasteiger partial charge in [-0.2, -0.15) is 0 Å². The van der Waals surface area contributed by atoms with E-state index < -0.39 is 11.8 Å². The number of benzene rings is 1. The summed E-state index contributed by atoms with van der Waals surface area (Å²) in [5.74, 6) is -0.126. The second-order valence-electron chi connectivity index (χ2n) is 8.36. The van der Waals surface area contributed by atoms with E-state index >= 15 is 0 Å². The molecule has 2 aliphatic rings. The molecule has 0 saturated heterocycles. The first-order valence-corrected chi connectivity index (χ1v) is 9.23. The maximum absolute atomic E-state index is 12.6. The van der Waals surface area contributed by atoms with Crippen LogP contribution in [0.2, 0.25) is 0 Å². The molecule has 1 N–H and O–H groups in total. The van der Waals surface area contributed by atoms with Gasteiger partial charge in [-0.25, -0.2) is 4.79 Å². The number of aliphatic hydroxyl groups excluding tert-OH is 1. The lowest BCUT2D eigenvalue weighted by molar-refractivity contribution is 0.00361. The van der Waals surface area contributed by atoms with Gasteiger partial charge in [0, 0.05) is 30.3 Å². The van der Waals surface area contributed by atoms with Crippen molar-refractivity contribution in [2.75, 3.05) is 13.1 Å². The van der Waals surface area contributed by atoms with Crippen LogP contribution in [0.1, 0.15) is 67.9 Å². The molecule has 1 atom stereocenters. The third kappa shape index (κ3) is 3.43. The van der Waals surface area contributed by atoms with Gasteiger partial charge >= 0.3 is 6.09 Å². The molecule has 0 radical (unpaired) electrons. The molecular formula is C20H28N2O4. The van der Waals surface area contributed by atoms with Crippen LogP contribution in [0.25, 0.3) is 0 Å². The van der Waals surface area contributed by atoms with Gasteiger partial charge < -0.3 is 19.6 Å². The highest BCUT2D eigenvalue weighted by Gasteiger charge is 2.38. The van der Waals surface area contributed by atoms with E-state index in [0.717, 1.165) is 11.1 Å². The summed E-state index contributed by atoms with van der Waals surface area (Å²) >= 11 is 0. The van der Waals surface area contributed by atoms with Crippen molar-refractivity contribution in [1.29, 1.82) is 0 Å². The first-order valence-electron chi connectivity index (χ1n) is 9.23. The van der Waals surface area contributed by atoms with Crippen LogP contribution in [0.3, 0.4) is 0 Å². The van der Waals surface area contributed by atoms with Gasteiger partial charge in [0.2, 0.25) is 0 Å². The smallest absolute Gasteiger partial charge is 0.410 e. The van der Waals surface area contributed by atoms with E-state index in [1.165, 1.54) is 4.90 Å². The van der Waals surface area contributed by atoms with Crippen molar-refractivity contribution < 1.29 is 19.4 Å². The van der Waals surface area contributed by atoms with Gasteiger partial charge in [0.1, 0.15) is 5.60 Å². The van der Waals surface area contributed by atoms with E-state index in [1.54, 1.807) is 4.90 Å². The van der Waals surface area contributed by atoms with Crippen molar-refractivity contribution in [1.82, 2.24) is 9.80 Å². The van der Waals surface area contributed by atoms with Crippen LogP contribution in [0, 0.1) is 0 Å². The Morgan fingerprint density at radius 2 is 1.77 bits per heavy atom. The van der Waals surface area contributed by atoms with Gasteiger partial charge in [-0.05, 0) is 64.7 Å². The zero-order valence-corrected chi connectivity index (χ0v) is 16.2. The Morgan fingerprint density at radius 1 is 1.19 bits per heavy atom. The summed E-state index contributed by atoms with van der Waals surface area (Å²) in [7, 11) is 0. The molecule has 1 aromatic carbocycles. The predicted octanol–water partition coefficient (Wildman–Crippen LogP) is 2.88. The molecular weight excluding hydrogens is 332 g/mol. The zero-order chi connectivity index (χ0) is 19.2. The lowest BCUT2D eigenvalue weighted by Gasteiger charge is -2.26. The highest BCUT2D eigenvalue weighted by molar-refractivity contribution is 5.99. The van der Waals surface area contributed by atoms with Crippen molar-refractivity contribution >= 4 is 12.0 Å². The second-order valence-corrected chi connectivity index (χ2v) is 8.36. The Balaban J connectivity index is 1.82. The highest BCUT2D eigenvalue weighted by Crippen LogP contribution is 2.36.